The van der Waals surface area contributed by atoms with Crippen LogP contribution in [0.25, 0.3) is 22.2 Å². The van der Waals surface area contributed by atoms with Crippen LogP contribution >= 0.6 is 0 Å². The highest BCUT2D eigenvalue weighted by molar-refractivity contribution is 6.13. The fraction of sp³-hybridized carbons (Fsp3) is 0. The summed E-state index contributed by atoms with van der Waals surface area (Å²) in [5.74, 6) is -1.37. The number of aromatic carboxylic acids is 1. The maximum atomic E-state index is 13.0. The van der Waals surface area contributed by atoms with Crippen LogP contribution in [0, 0.1) is 0 Å². The number of nitrogens with one attached hydrogen (secondary N) is 1. The fourth-order valence-corrected chi connectivity index (χ4v) is 3.05. The van der Waals surface area contributed by atoms with Crippen LogP contribution in [0.4, 0.5) is 5.69 Å². The predicted octanol–water partition coefficient (Wildman–Crippen LogP) is 4.85. The van der Waals surface area contributed by atoms with Crippen LogP contribution in [0.1, 0.15) is 20.7 Å². The van der Waals surface area contributed by atoms with Gasteiger partial charge in [0.1, 0.15) is 0 Å². The van der Waals surface area contributed by atoms with Crippen LogP contribution in [0.2, 0.25) is 0 Å². The van der Waals surface area contributed by atoms with Crippen LogP contribution in [-0.2, 0) is 0 Å². The molecule has 0 spiro atoms. The highest BCUT2D eigenvalue weighted by Crippen LogP contribution is 2.25. The second-order valence-electron chi connectivity index (χ2n) is 6.28. The first-order valence-electron chi connectivity index (χ1n) is 8.72. The van der Waals surface area contributed by atoms with Crippen LogP contribution in [0.3, 0.4) is 0 Å². The van der Waals surface area contributed by atoms with Gasteiger partial charge in [0.05, 0.1) is 22.3 Å². The summed E-state index contributed by atoms with van der Waals surface area (Å²) in [6.07, 6.45) is 0. The Balaban J connectivity index is 1.78. The van der Waals surface area contributed by atoms with Crippen molar-refractivity contribution in [3.05, 3.63) is 96.1 Å². The number of pyridine rings is 1. The molecule has 0 aliphatic rings. The number of para-hydroxylation sites is 1. The lowest BCUT2D eigenvalue weighted by Gasteiger charge is -2.11. The smallest absolute Gasteiger partial charge is 0.335 e. The Morgan fingerprint density at radius 2 is 1.57 bits per heavy atom. The molecule has 28 heavy (non-hydrogen) atoms. The number of fused-ring (bicyclic) bond motifs is 1. The van der Waals surface area contributed by atoms with E-state index in [-0.39, 0.29) is 11.5 Å². The summed E-state index contributed by atoms with van der Waals surface area (Å²) in [6, 6.07) is 25.0. The molecule has 0 saturated heterocycles. The standard InChI is InChI=1S/C23H16N2O3/c26-22(24-17-10-6-9-16(13-17)23(27)28)19-14-21(15-7-2-1-3-8-15)25-20-12-5-4-11-18(19)20/h1-14H,(H,24,26)(H,27,28). The average molecular weight is 368 g/mol. The molecule has 0 bridgehead atoms. The molecule has 0 radical (unpaired) electrons. The van der Waals surface area contributed by atoms with Gasteiger partial charge in [0.25, 0.3) is 5.91 Å². The second kappa shape index (κ2) is 7.32. The second-order valence-corrected chi connectivity index (χ2v) is 6.28. The molecule has 2 N–H and O–H groups in total. The van der Waals surface area contributed by atoms with Gasteiger partial charge in [0.2, 0.25) is 0 Å². The first-order chi connectivity index (χ1) is 13.6. The van der Waals surface area contributed by atoms with Gasteiger partial charge in [-0.15, -0.1) is 0 Å². The van der Waals surface area contributed by atoms with Gasteiger partial charge in [-0.3, -0.25) is 4.79 Å². The van der Waals surface area contributed by atoms with E-state index in [0.717, 1.165) is 10.9 Å². The van der Waals surface area contributed by atoms with Gasteiger partial charge in [-0.05, 0) is 30.3 Å². The van der Waals surface area contributed by atoms with E-state index in [1.165, 1.54) is 12.1 Å². The van der Waals surface area contributed by atoms with E-state index in [2.05, 4.69) is 10.3 Å². The van der Waals surface area contributed by atoms with Gasteiger partial charge in [-0.2, -0.15) is 0 Å². The van der Waals surface area contributed by atoms with E-state index in [4.69, 9.17) is 5.11 Å². The molecule has 3 aromatic carbocycles. The number of carbonyl (C=O) groups excluding carboxylic acids is 1. The number of hydrogen-bond acceptors (Lipinski definition) is 3. The summed E-state index contributed by atoms with van der Waals surface area (Å²) in [5, 5.41) is 12.7. The van der Waals surface area contributed by atoms with Crippen molar-refractivity contribution in [2.45, 2.75) is 0 Å². The zero-order chi connectivity index (χ0) is 19.5. The van der Waals surface area contributed by atoms with Crippen molar-refractivity contribution < 1.29 is 14.7 Å². The van der Waals surface area contributed by atoms with Crippen molar-refractivity contribution in [2.75, 3.05) is 5.32 Å². The third kappa shape index (κ3) is 3.46. The van der Waals surface area contributed by atoms with E-state index in [0.29, 0.717) is 22.5 Å². The Kier molecular flexibility index (Phi) is 4.56. The molecule has 0 fully saturated rings. The summed E-state index contributed by atoms with van der Waals surface area (Å²) in [4.78, 5) is 28.8. The Morgan fingerprint density at radius 3 is 2.36 bits per heavy atom. The molecule has 5 nitrogen and oxygen atoms in total. The number of amides is 1. The van der Waals surface area contributed by atoms with E-state index < -0.39 is 5.97 Å². The summed E-state index contributed by atoms with van der Waals surface area (Å²) < 4.78 is 0. The van der Waals surface area contributed by atoms with Crippen molar-refractivity contribution >= 4 is 28.5 Å². The molecule has 1 amide bonds. The number of carboxylic acid groups (broad SMARTS) is 1. The lowest BCUT2D eigenvalue weighted by molar-refractivity contribution is 0.0696. The fourth-order valence-electron chi connectivity index (χ4n) is 3.05. The first-order valence-corrected chi connectivity index (χ1v) is 8.72. The number of rotatable bonds is 4. The van der Waals surface area contributed by atoms with Crippen molar-refractivity contribution in [3.63, 3.8) is 0 Å². The highest BCUT2D eigenvalue weighted by Gasteiger charge is 2.15. The van der Waals surface area contributed by atoms with Gasteiger partial charge in [-0.25, -0.2) is 9.78 Å². The van der Waals surface area contributed by atoms with Crippen LogP contribution < -0.4 is 5.32 Å². The normalized spacial score (nSPS) is 10.6. The minimum atomic E-state index is -1.04. The molecular weight excluding hydrogens is 352 g/mol. The number of benzene rings is 3. The van der Waals surface area contributed by atoms with Crippen LogP contribution in [0.5, 0.6) is 0 Å². The lowest BCUT2D eigenvalue weighted by atomic mass is 10.0. The molecular formula is C23H16N2O3. The first kappa shape index (κ1) is 17.4. The van der Waals surface area contributed by atoms with Gasteiger partial charge in [-0.1, -0.05) is 54.6 Å². The van der Waals surface area contributed by atoms with E-state index >= 15 is 0 Å². The predicted molar refractivity (Wildman–Crippen MR) is 109 cm³/mol. The number of aromatic nitrogens is 1. The lowest BCUT2D eigenvalue weighted by Crippen LogP contribution is -2.13. The SMILES string of the molecule is O=C(O)c1cccc(NC(=O)c2cc(-c3ccccc3)nc3ccccc23)c1. The van der Waals surface area contributed by atoms with Gasteiger partial charge in [0.15, 0.2) is 0 Å². The van der Waals surface area contributed by atoms with Crippen LogP contribution in [-0.4, -0.2) is 22.0 Å². The van der Waals surface area contributed by atoms with Gasteiger partial charge >= 0.3 is 5.97 Å². The third-order valence-electron chi connectivity index (χ3n) is 4.40. The zero-order valence-corrected chi connectivity index (χ0v) is 14.8. The molecule has 0 aliphatic carbocycles. The number of nitrogens with zero attached hydrogens (tertiary/aromatic N) is 1. The summed E-state index contributed by atoms with van der Waals surface area (Å²) >= 11 is 0. The summed E-state index contributed by atoms with van der Waals surface area (Å²) in [5.41, 5.74) is 3.34. The van der Waals surface area contributed by atoms with E-state index in [9.17, 15) is 9.59 Å². The molecule has 4 rings (SSSR count). The van der Waals surface area contributed by atoms with Gasteiger partial charge in [0, 0.05) is 16.6 Å². The maximum Gasteiger partial charge on any atom is 0.335 e. The molecule has 0 unspecified atom stereocenters. The number of hydrogen-bond donors (Lipinski definition) is 2. The number of carbonyl (C=O) groups is 2. The highest BCUT2D eigenvalue weighted by atomic mass is 16.4. The molecule has 4 aromatic rings. The molecule has 1 heterocycles. The van der Waals surface area contributed by atoms with Gasteiger partial charge < -0.3 is 10.4 Å². The summed E-state index contributed by atoms with van der Waals surface area (Å²) in [6.45, 7) is 0. The number of carboxylic acids is 1. The number of anilines is 1. The topological polar surface area (TPSA) is 79.3 Å². The molecule has 0 atom stereocenters. The minimum Gasteiger partial charge on any atom is -0.478 e. The largest absolute Gasteiger partial charge is 0.478 e. The van der Waals surface area contributed by atoms with E-state index in [1.54, 1.807) is 18.2 Å². The van der Waals surface area contributed by atoms with Crippen molar-refractivity contribution in [2.24, 2.45) is 0 Å². The average Bonchev–Trinajstić information content (AvgIpc) is 2.73. The van der Waals surface area contributed by atoms with Crippen molar-refractivity contribution in [1.29, 1.82) is 0 Å². The quantitative estimate of drug-likeness (QED) is 0.539. The molecule has 136 valence electrons. The van der Waals surface area contributed by atoms with E-state index in [1.807, 2.05) is 54.6 Å². The maximum absolute atomic E-state index is 13.0. The van der Waals surface area contributed by atoms with Crippen molar-refractivity contribution in [3.8, 4) is 11.3 Å². The Morgan fingerprint density at radius 1 is 0.821 bits per heavy atom. The Labute approximate surface area is 161 Å². The van der Waals surface area contributed by atoms with Crippen molar-refractivity contribution in [1.82, 2.24) is 4.98 Å². The third-order valence-corrected chi connectivity index (χ3v) is 4.40. The minimum absolute atomic E-state index is 0.113. The Bertz CT molecular complexity index is 1190. The molecule has 0 saturated carbocycles. The Hall–Kier alpha value is -3.99. The zero-order valence-electron chi connectivity index (χ0n) is 14.8. The summed E-state index contributed by atoms with van der Waals surface area (Å²) in [7, 11) is 0. The monoisotopic (exact) mass is 368 g/mol. The van der Waals surface area contributed by atoms with Crippen LogP contribution in [0.15, 0.2) is 84.9 Å². The molecule has 5 heteroatoms. The molecule has 1 aromatic heterocycles. The molecule has 0 aliphatic heterocycles.